The molecule has 6 heteroatoms. The molecule has 1 heterocycles. The average Bonchev–Trinajstić information content (AvgIpc) is 2.84. The number of carboxylic acids is 1. The van der Waals surface area contributed by atoms with E-state index in [2.05, 4.69) is 0 Å². The van der Waals surface area contributed by atoms with Crippen LogP contribution in [0.3, 0.4) is 0 Å². The van der Waals surface area contributed by atoms with Crippen molar-refractivity contribution >= 4 is 5.97 Å². The summed E-state index contributed by atoms with van der Waals surface area (Å²) in [4.78, 5) is 22.4. The van der Waals surface area contributed by atoms with E-state index in [1.54, 1.807) is 4.90 Å². The predicted molar refractivity (Wildman–Crippen MR) is 61.3 cm³/mol. The van der Waals surface area contributed by atoms with E-state index in [9.17, 15) is 4.79 Å². The van der Waals surface area contributed by atoms with Crippen molar-refractivity contribution in [2.75, 3.05) is 20.1 Å². The Balaban J connectivity index is 1.68. The molecule has 1 N–H and O–H groups in total. The summed E-state index contributed by atoms with van der Waals surface area (Å²) in [7, 11) is 0. The van der Waals surface area contributed by atoms with Crippen molar-refractivity contribution in [1.29, 1.82) is 0 Å². The van der Waals surface area contributed by atoms with Crippen molar-refractivity contribution in [3.8, 4) is 0 Å². The Kier molecular flexibility index (Phi) is 4.66. The van der Waals surface area contributed by atoms with Gasteiger partial charge in [-0.3, -0.25) is 4.79 Å². The number of hydrogen-bond acceptors (Lipinski definition) is 5. The third kappa shape index (κ3) is 3.51. The lowest BCUT2D eigenvalue weighted by atomic mass is 10.2. The van der Waals surface area contributed by atoms with Gasteiger partial charge in [-0.2, -0.15) is 0 Å². The average molecular weight is 253 g/mol. The fourth-order valence-corrected chi connectivity index (χ4v) is 1.62. The third-order valence-electron chi connectivity index (χ3n) is 2.63. The van der Waals surface area contributed by atoms with Crippen molar-refractivity contribution in [2.45, 2.75) is 12.6 Å². The van der Waals surface area contributed by atoms with Crippen LogP contribution in [0.1, 0.15) is 5.56 Å². The molecule has 0 radical (unpaired) electrons. The van der Waals surface area contributed by atoms with E-state index >= 15 is 0 Å². The molecule has 0 bridgehead atoms. The minimum Gasteiger partial charge on any atom is -0.480 e. The molecule has 0 saturated carbocycles. The predicted octanol–water partition coefficient (Wildman–Crippen LogP) is 0.835. The molecular formula is C12H15NO5. The summed E-state index contributed by atoms with van der Waals surface area (Å²) in [5.41, 5.74) is 0.991. The topological polar surface area (TPSA) is 68.2 Å². The van der Waals surface area contributed by atoms with Crippen molar-refractivity contribution in [1.82, 2.24) is 4.90 Å². The van der Waals surface area contributed by atoms with Crippen LogP contribution >= 0.6 is 0 Å². The van der Waals surface area contributed by atoms with E-state index in [-0.39, 0.29) is 20.1 Å². The van der Waals surface area contributed by atoms with Crippen LogP contribution in [0.25, 0.3) is 0 Å². The number of carboxylic acid groups (broad SMARTS) is 1. The second kappa shape index (κ2) is 6.46. The van der Waals surface area contributed by atoms with Gasteiger partial charge in [-0.25, -0.2) is 14.7 Å². The van der Waals surface area contributed by atoms with Gasteiger partial charge in [0.1, 0.15) is 26.1 Å². The summed E-state index contributed by atoms with van der Waals surface area (Å²) >= 11 is 0. The van der Waals surface area contributed by atoms with Crippen LogP contribution < -0.4 is 0 Å². The Labute approximate surface area is 105 Å². The molecule has 1 fully saturated rings. The molecule has 1 saturated heterocycles. The Morgan fingerprint density at radius 1 is 1.39 bits per heavy atom. The summed E-state index contributed by atoms with van der Waals surface area (Å²) in [6.45, 7) is 0.820. The van der Waals surface area contributed by atoms with Crippen molar-refractivity contribution in [3.05, 3.63) is 35.9 Å². The lowest BCUT2D eigenvalue weighted by Gasteiger charge is -2.17. The molecule has 2 rings (SSSR count). The number of hydrogen-bond donors (Lipinski definition) is 1. The summed E-state index contributed by atoms with van der Waals surface area (Å²) in [5, 5.41) is 8.90. The van der Waals surface area contributed by atoms with Crippen molar-refractivity contribution < 1.29 is 24.4 Å². The zero-order chi connectivity index (χ0) is 12.8. The number of aliphatic carboxylic acids is 1. The van der Waals surface area contributed by atoms with Gasteiger partial charge in [-0.1, -0.05) is 30.3 Å². The molecule has 18 heavy (non-hydrogen) atoms. The quantitative estimate of drug-likeness (QED) is 0.460. The van der Waals surface area contributed by atoms with Crippen LogP contribution in [0.15, 0.2) is 30.3 Å². The molecule has 0 aliphatic carbocycles. The van der Waals surface area contributed by atoms with Crippen LogP contribution in [-0.4, -0.2) is 42.1 Å². The van der Waals surface area contributed by atoms with Gasteiger partial charge in [0.05, 0.1) is 6.61 Å². The first-order valence-corrected chi connectivity index (χ1v) is 5.60. The monoisotopic (exact) mass is 253 g/mol. The van der Waals surface area contributed by atoms with E-state index in [0.29, 0.717) is 6.61 Å². The number of carbonyl (C=O) groups is 1. The number of benzene rings is 1. The SMILES string of the molecule is O=C(O)[C@H]1COCN1COOCc1ccccc1. The van der Waals surface area contributed by atoms with Crippen LogP contribution in [0.4, 0.5) is 0 Å². The molecule has 0 spiro atoms. The van der Waals surface area contributed by atoms with Gasteiger partial charge >= 0.3 is 5.97 Å². The van der Waals surface area contributed by atoms with Crippen LogP contribution in [-0.2, 0) is 25.9 Å². The fraction of sp³-hybridized carbons (Fsp3) is 0.417. The van der Waals surface area contributed by atoms with Crippen LogP contribution in [0.5, 0.6) is 0 Å². The number of nitrogens with zero attached hydrogens (tertiary/aromatic N) is 1. The minimum atomic E-state index is -0.917. The molecule has 6 nitrogen and oxygen atoms in total. The van der Waals surface area contributed by atoms with Crippen LogP contribution in [0.2, 0.25) is 0 Å². The standard InChI is InChI=1S/C12H15NO5/c14-12(15)11-7-16-8-13(11)9-18-17-6-10-4-2-1-3-5-10/h1-5,11H,6-9H2,(H,14,15)/t11-/m1/s1. The van der Waals surface area contributed by atoms with Gasteiger partial charge in [-0.05, 0) is 5.56 Å². The highest BCUT2D eigenvalue weighted by Gasteiger charge is 2.31. The first kappa shape index (κ1) is 13.0. The highest BCUT2D eigenvalue weighted by Crippen LogP contribution is 2.10. The summed E-state index contributed by atoms with van der Waals surface area (Å²) < 4.78 is 5.06. The summed E-state index contributed by atoms with van der Waals surface area (Å²) in [6.07, 6.45) is 0. The van der Waals surface area contributed by atoms with Gasteiger partial charge in [-0.15, -0.1) is 0 Å². The largest absolute Gasteiger partial charge is 0.480 e. The second-order valence-corrected chi connectivity index (χ2v) is 3.94. The molecule has 1 aromatic carbocycles. The highest BCUT2D eigenvalue weighted by atomic mass is 17.2. The zero-order valence-electron chi connectivity index (χ0n) is 9.82. The van der Waals surface area contributed by atoms with E-state index < -0.39 is 12.0 Å². The molecule has 0 aromatic heterocycles. The Morgan fingerprint density at radius 2 is 2.17 bits per heavy atom. The third-order valence-corrected chi connectivity index (χ3v) is 2.63. The maximum atomic E-state index is 10.8. The minimum absolute atomic E-state index is 0.0732. The van der Waals surface area contributed by atoms with E-state index in [0.717, 1.165) is 5.56 Å². The first-order valence-electron chi connectivity index (χ1n) is 5.60. The molecule has 98 valence electrons. The second-order valence-electron chi connectivity index (χ2n) is 3.94. The van der Waals surface area contributed by atoms with Crippen molar-refractivity contribution in [2.24, 2.45) is 0 Å². The van der Waals surface area contributed by atoms with E-state index in [1.165, 1.54) is 0 Å². The normalized spacial score (nSPS) is 20.1. The lowest BCUT2D eigenvalue weighted by molar-refractivity contribution is -0.325. The Morgan fingerprint density at radius 3 is 2.89 bits per heavy atom. The molecule has 0 amide bonds. The number of rotatable bonds is 6. The van der Waals surface area contributed by atoms with Gasteiger partial charge in [0.25, 0.3) is 0 Å². The lowest BCUT2D eigenvalue weighted by Crippen LogP contribution is -2.38. The maximum absolute atomic E-state index is 10.8. The Hall–Kier alpha value is -1.47. The highest BCUT2D eigenvalue weighted by molar-refractivity contribution is 5.73. The zero-order valence-corrected chi connectivity index (χ0v) is 9.82. The fourth-order valence-electron chi connectivity index (χ4n) is 1.62. The van der Waals surface area contributed by atoms with Crippen LogP contribution in [0, 0.1) is 0 Å². The molecule has 1 aliphatic heterocycles. The molecular weight excluding hydrogens is 238 g/mol. The number of ether oxygens (including phenoxy) is 1. The van der Waals surface area contributed by atoms with Gasteiger partial charge in [0, 0.05) is 0 Å². The summed E-state index contributed by atoms with van der Waals surface area (Å²) in [5.74, 6) is -0.917. The smallest absolute Gasteiger partial charge is 0.323 e. The molecule has 1 atom stereocenters. The van der Waals surface area contributed by atoms with E-state index in [1.807, 2.05) is 30.3 Å². The van der Waals surface area contributed by atoms with E-state index in [4.69, 9.17) is 19.6 Å². The van der Waals surface area contributed by atoms with Crippen molar-refractivity contribution in [3.63, 3.8) is 0 Å². The molecule has 0 unspecified atom stereocenters. The maximum Gasteiger partial charge on any atom is 0.323 e. The molecule has 1 aromatic rings. The van der Waals surface area contributed by atoms with Gasteiger partial charge in [0.2, 0.25) is 0 Å². The molecule has 1 aliphatic rings. The first-order chi connectivity index (χ1) is 8.77. The van der Waals surface area contributed by atoms with Gasteiger partial charge < -0.3 is 9.84 Å². The summed E-state index contributed by atoms with van der Waals surface area (Å²) in [6, 6.07) is 8.92. The Bertz CT molecular complexity index is 383. The van der Waals surface area contributed by atoms with Gasteiger partial charge in [0.15, 0.2) is 0 Å².